The number of hydrogen-bond donors (Lipinski definition) is 0. The largest absolute Gasteiger partial charge is 0.494 e. The Morgan fingerprint density at radius 3 is 2.45 bits per heavy atom. The number of amides is 1. The predicted molar refractivity (Wildman–Crippen MR) is 109 cm³/mol. The Morgan fingerprint density at radius 1 is 1.07 bits per heavy atom. The SMILES string of the molecule is CCOc1ccc(N2C=C(C(=O)N3CCOCC3)S(=O)(=O)c3ccccc32)cc1. The van der Waals surface area contributed by atoms with Gasteiger partial charge < -0.3 is 19.3 Å². The van der Waals surface area contributed by atoms with E-state index in [4.69, 9.17) is 9.47 Å². The van der Waals surface area contributed by atoms with Crippen molar-refractivity contribution >= 4 is 27.1 Å². The lowest BCUT2D eigenvalue weighted by molar-refractivity contribution is -0.130. The first kappa shape index (κ1) is 19.5. The first-order valence-corrected chi connectivity index (χ1v) is 11.0. The van der Waals surface area contributed by atoms with Crippen LogP contribution >= 0.6 is 0 Å². The van der Waals surface area contributed by atoms with E-state index < -0.39 is 15.7 Å². The minimum absolute atomic E-state index is 0.119. The number of rotatable bonds is 4. The van der Waals surface area contributed by atoms with Crippen LogP contribution in [0.3, 0.4) is 0 Å². The average molecular weight is 414 g/mol. The van der Waals surface area contributed by atoms with Crippen molar-refractivity contribution in [1.82, 2.24) is 4.90 Å². The lowest BCUT2D eigenvalue weighted by atomic mass is 10.2. The second-order valence-corrected chi connectivity index (χ2v) is 8.55. The van der Waals surface area contributed by atoms with Gasteiger partial charge in [-0.2, -0.15) is 0 Å². The molecule has 0 bridgehead atoms. The van der Waals surface area contributed by atoms with Crippen molar-refractivity contribution in [3.63, 3.8) is 0 Å². The third-order valence-corrected chi connectivity index (χ3v) is 6.67. The zero-order valence-corrected chi connectivity index (χ0v) is 16.9. The fourth-order valence-corrected chi connectivity index (χ4v) is 4.97. The van der Waals surface area contributed by atoms with E-state index in [1.165, 1.54) is 17.2 Å². The van der Waals surface area contributed by atoms with E-state index in [9.17, 15) is 13.2 Å². The van der Waals surface area contributed by atoms with Gasteiger partial charge in [-0.05, 0) is 43.3 Å². The van der Waals surface area contributed by atoms with Gasteiger partial charge >= 0.3 is 0 Å². The van der Waals surface area contributed by atoms with Crippen LogP contribution in [0, 0.1) is 0 Å². The molecule has 0 aliphatic carbocycles. The average Bonchev–Trinajstić information content (AvgIpc) is 2.75. The molecule has 1 saturated heterocycles. The minimum atomic E-state index is -3.93. The van der Waals surface area contributed by atoms with Crippen molar-refractivity contribution in [3.05, 3.63) is 59.6 Å². The minimum Gasteiger partial charge on any atom is -0.494 e. The Hall–Kier alpha value is -2.84. The van der Waals surface area contributed by atoms with Crippen LogP contribution < -0.4 is 9.64 Å². The van der Waals surface area contributed by atoms with Crippen LogP contribution in [0.25, 0.3) is 0 Å². The molecular formula is C21H22N2O5S. The summed E-state index contributed by atoms with van der Waals surface area (Å²) in [5.41, 5.74) is 1.25. The van der Waals surface area contributed by atoms with Gasteiger partial charge in [-0.1, -0.05) is 12.1 Å². The number of carbonyl (C=O) groups excluding carboxylic acids is 1. The molecule has 7 nitrogen and oxygen atoms in total. The van der Waals surface area contributed by atoms with Crippen molar-refractivity contribution in [1.29, 1.82) is 0 Å². The summed E-state index contributed by atoms with van der Waals surface area (Å²) in [4.78, 5) is 16.2. The maximum Gasteiger partial charge on any atom is 0.267 e. The first-order chi connectivity index (χ1) is 14.0. The van der Waals surface area contributed by atoms with Crippen LogP contribution in [0.5, 0.6) is 5.75 Å². The van der Waals surface area contributed by atoms with Gasteiger partial charge in [0, 0.05) is 25.0 Å². The van der Waals surface area contributed by atoms with Crippen molar-refractivity contribution in [2.75, 3.05) is 37.8 Å². The standard InChI is InChI=1S/C21H22N2O5S/c1-2-28-17-9-7-16(8-10-17)23-15-20(21(24)22-11-13-27-14-12-22)29(25,26)19-6-4-3-5-18(19)23/h3-10,15H,2,11-14H2,1H3. The van der Waals surface area contributed by atoms with Crippen molar-refractivity contribution in [2.45, 2.75) is 11.8 Å². The number of morpholine rings is 1. The molecule has 0 atom stereocenters. The molecule has 2 aromatic carbocycles. The second kappa shape index (κ2) is 7.88. The molecule has 2 aliphatic rings. The molecule has 0 spiro atoms. The summed E-state index contributed by atoms with van der Waals surface area (Å²) < 4.78 is 37.2. The Balaban J connectivity index is 1.79. The topological polar surface area (TPSA) is 76.2 Å². The molecule has 0 unspecified atom stereocenters. The zero-order valence-electron chi connectivity index (χ0n) is 16.1. The fraction of sp³-hybridized carbons (Fsp3) is 0.286. The summed E-state index contributed by atoms with van der Waals surface area (Å²) in [6, 6.07) is 14.0. The van der Waals surface area contributed by atoms with Crippen LogP contribution in [-0.4, -0.2) is 52.1 Å². The van der Waals surface area contributed by atoms with Crippen LogP contribution in [0.15, 0.2) is 64.5 Å². The highest BCUT2D eigenvalue weighted by Gasteiger charge is 2.37. The number of benzene rings is 2. The number of para-hydroxylation sites is 1. The lowest BCUT2D eigenvalue weighted by Crippen LogP contribution is -2.43. The van der Waals surface area contributed by atoms with Gasteiger partial charge in [0.1, 0.15) is 5.75 Å². The number of fused-ring (bicyclic) bond motifs is 1. The highest BCUT2D eigenvalue weighted by molar-refractivity contribution is 7.96. The van der Waals surface area contributed by atoms with Gasteiger partial charge in [0.25, 0.3) is 5.91 Å². The van der Waals surface area contributed by atoms with Crippen LogP contribution in [0.1, 0.15) is 6.92 Å². The van der Waals surface area contributed by atoms with E-state index in [0.717, 1.165) is 11.4 Å². The number of nitrogens with zero attached hydrogens (tertiary/aromatic N) is 2. The summed E-state index contributed by atoms with van der Waals surface area (Å²) >= 11 is 0. The molecule has 4 rings (SSSR count). The van der Waals surface area contributed by atoms with Crippen LogP contribution in [-0.2, 0) is 19.4 Å². The normalized spacial score (nSPS) is 18.0. The zero-order chi connectivity index (χ0) is 20.4. The molecular weight excluding hydrogens is 392 g/mol. The first-order valence-electron chi connectivity index (χ1n) is 9.47. The van der Waals surface area contributed by atoms with E-state index in [-0.39, 0.29) is 9.80 Å². The summed E-state index contributed by atoms with van der Waals surface area (Å²) in [5.74, 6) is 0.224. The summed E-state index contributed by atoms with van der Waals surface area (Å²) in [6.45, 7) is 4.01. The third kappa shape index (κ3) is 3.61. The van der Waals surface area contributed by atoms with Crippen LogP contribution in [0.4, 0.5) is 11.4 Å². The van der Waals surface area contributed by atoms with Gasteiger partial charge in [0.2, 0.25) is 9.84 Å². The maximum absolute atomic E-state index is 13.2. The number of carbonyl (C=O) groups is 1. The molecule has 2 aromatic rings. The van der Waals surface area contributed by atoms with Gasteiger partial charge in [-0.25, -0.2) is 8.42 Å². The molecule has 29 heavy (non-hydrogen) atoms. The molecule has 0 radical (unpaired) electrons. The number of hydrogen-bond acceptors (Lipinski definition) is 6. The molecule has 1 amide bonds. The number of sulfone groups is 1. The van der Waals surface area contributed by atoms with Gasteiger partial charge in [0.15, 0.2) is 4.91 Å². The molecule has 0 saturated carbocycles. The van der Waals surface area contributed by atoms with Gasteiger partial charge in [-0.15, -0.1) is 0 Å². The monoisotopic (exact) mass is 414 g/mol. The van der Waals surface area contributed by atoms with E-state index in [1.807, 2.05) is 31.2 Å². The number of ether oxygens (including phenoxy) is 2. The molecule has 2 aliphatic heterocycles. The Labute approximate surface area is 170 Å². The van der Waals surface area contributed by atoms with Crippen molar-refractivity contribution < 1.29 is 22.7 Å². The van der Waals surface area contributed by atoms with Crippen molar-refractivity contribution in [3.8, 4) is 5.75 Å². The van der Waals surface area contributed by atoms with E-state index in [2.05, 4.69) is 0 Å². The molecule has 152 valence electrons. The predicted octanol–water partition coefficient (Wildman–Crippen LogP) is 2.71. The quantitative estimate of drug-likeness (QED) is 0.766. The van der Waals surface area contributed by atoms with Gasteiger partial charge in [-0.3, -0.25) is 4.79 Å². The smallest absolute Gasteiger partial charge is 0.267 e. The molecule has 1 fully saturated rings. The summed E-state index contributed by atoms with van der Waals surface area (Å²) in [7, 11) is -3.93. The third-order valence-electron chi connectivity index (χ3n) is 4.89. The maximum atomic E-state index is 13.2. The second-order valence-electron chi connectivity index (χ2n) is 6.67. The molecule has 0 N–H and O–H groups in total. The highest BCUT2D eigenvalue weighted by Crippen LogP contribution is 2.40. The fourth-order valence-electron chi connectivity index (χ4n) is 3.43. The van der Waals surface area contributed by atoms with Crippen molar-refractivity contribution in [2.24, 2.45) is 0 Å². The van der Waals surface area contributed by atoms with Gasteiger partial charge in [0.05, 0.1) is 30.4 Å². The number of anilines is 2. The molecule has 0 aromatic heterocycles. The lowest BCUT2D eigenvalue weighted by Gasteiger charge is -2.32. The Kier molecular flexibility index (Phi) is 5.29. The molecule has 8 heteroatoms. The Bertz CT molecular complexity index is 1040. The van der Waals surface area contributed by atoms with E-state index in [0.29, 0.717) is 38.6 Å². The Morgan fingerprint density at radius 2 is 1.76 bits per heavy atom. The summed E-state index contributed by atoms with van der Waals surface area (Å²) in [5, 5.41) is 0. The summed E-state index contributed by atoms with van der Waals surface area (Å²) in [6.07, 6.45) is 1.42. The van der Waals surface area contributed by atoms with Crippen LogP contribution in [0.2, 0.25) is 0 Å². The molecule has 2 heterocycles. The van der Waals surface area contributed by atoms with E-state index in [1.54, 1.807) is 23.1 Å². The van der Waals surface area contributed by atoms with E-state index >= 15 is 0 Å². The highest BCUT2D eigenvalue weighted by atomic mass is 32.2.